The summed E-state index contributed by atoms with van der Waals surface area (Å²) in [4.78, 5) is 34.6. The van der Waals surface area contributed by atoms with Gasteiger partial charge in [-0.25, -0.2) is 14.7 Å². The van der Waals surface area contributed by atoms with Gasteiger partial charge in [-0.05, 0) is 29.8 Å². The van der Waals surface area contributed by atoms with Crippen LogP contribution in [0.2, 0.25) is 0 Å². The summed E-state index contributed by atoms with van der Waals surface area (Å²) in [6.45, 7) is 1.65. The number of anilines is 1. The lowest BCUT2D eigenvalue weighted by Crippen LogP contribution is -2.54. The van der Waals surface area contributed by atoms with Crippen LogP contribution in [0, 0.1) is 0 Å². The summed E-state index contributed by atoms with van der Waals surface area (Å²) in [5, 5.41) is 2.58. The van der Waals surface area contributed by atoms with Gasteiger partial charge in [-0.3, -0.25) is 9.69 Å². The Morgan fingerprint density at radius 2 is 1.39 bits per heavy atom. The molecule has 2 aromatic rings. The molecule has 3 heterocycles. The molecule has 4 rings (SSSR count). The third-order valence-electron chi connectivity index (χ3n) is 6.51. The van der Waals surface area contributed by atoms with Crippen molar-refractivity contribution in [1.82, 2.24) is 24.6 Å². The number of urea groups is 1. The van der Waals surface area contributed by atoms with Crippen LogP contribution in [-0.2, 0) is 12.7 Å². The van der Waals surface area contributed by atoms with E-state index in [-0.39, 0.29) is 37.8 Å². The van der Waals surface area contributed by atoms with Crippen LogP contribution in [0.4, 0.5) is 36.8 Å². The number of hydrogen-bond donors (Lipinski definition) is 1. The molecule has 1 aromatic carbocycles. The summed E-state index contributed by atoms with van der Waals surface area (Å²) in [7, 11) is 0. The van der Waals surface area contributed by atoms with E-state index in [0.29, 0.717) is 43.3 Å². The first-order valence-corrected chi connectivity index (χ1v) is 11.9. The molecule has 1 aromatic heterocycles. The lowest BCUT2D eigenvalue weighted by Gasteiger charge is -2.35. The first kappa shape index (κ1) is 27.6. The van der Waals surface area contributed by atoms with Crippen LogP contribution in [0.1, 0.15) is 21.6 Å². The SMILES string of the molecule is O=C(Nc1ccc(C(=O)N2CCN(Cc3ccc(C(F)(F)F)cc3)CC2)nc1)N1CCN(C(F)(F)F)CC1. The summed E-state index contributed by atoms with van der Waals surface area (Å²) in [6.07, 6.45) is -7.48. The summed E-state index contributed by atoms with van der Waals surface area (Å²) < 4.78 is 76.4. The molecule has 0 radical (unpaired) electrons. The number of carbonyl (C=O) groups is 2. The van der Waals surface area contributed by atoms with Gasteiger partial charge < -0.3 is 15.1 Å². The number of aromatic nitrogens is 1. The Balaban J connectivity index is 1.23. The highest BCUT2D eigenvalue weighted by molar-refractivity contribution is 5.93. The molecule has 0 saturated carbocycles. The first-order valence-electron chi connectivity index (χ1n) is 11.9. The zero-order valence-corrected chi connectivity index (χ0v) is 20.2. The minimum atomic E-state index is -4.42. The third-order valence-corrected chi connectivity index (χ3v) is 6.51. The number of pyridine rings is 1. The summed E-state index contributed by atoms with van der Waals surface area (Å²) in [6, 6.07) is 7.44. The zero-order chi connectivity index (χ0) is 27.5. The van der Waals surface area contributed by atoms with E-state index < -0.39 is 24.1 Å². The van der Waals surface area contributed by atoms with Crippen LogP contribution in [0.5, 0.6) is 0 Å². The summed E-state index contributed by atoms with van der Waals surface area (Å²) in [5.41, 5.74) is 0.543. The Morgan fingerprint density at radius 3 is 1.92 bits per heavy atom. The molecule has 2 aliphatic heterocycles. The number of nitrogens with zero attached hydrogens (tertiary/aromatic N) is 5. The minimum Gasteiger partial charge on any atom is -0.335 e. The highest BCUT2D eigenvalue weighted by atomic mass is 19.4. The quantitative estimate of drug-likeness (QED) is 0.470. The van der Waals surface area contributed by atoms with E-state index in [9.17, 15) is 35.9 Å². The fourth-order valence-electron chi connectivity index (χ4n) is 4.29. The molecule has 1 N–H and O–H groups in total. The Bertz CT molecular complexity index is 1110. The number of hydrogen-bond acceptors (Lipinski definition) is 5. The van der Waals surface area contributed by atoms with Gasteiger partial charge in [0.2, 0.25) is 0 Å². The van der Waals surface area contributed by atoms with Crippen molar-refractivity contribution in [3.05, 3.63) is 59.4 Å². The Morgan fingerprint density at radius 1 is 0.789 bits per heavy atom. The molecule has 0 aliphatic carbocycles. The van der Waals surface area contributed by atoms with Crippen molar-refractivity contribution in [1.29, 1.82) is 0 Å². The van der Waals surface area contributed by atoms with Crippen molar-refractivity contribution in [2.75, 3.05) is 57.7 Å². The van der Waals surface area contributed by atoms with Gasteiger partial charge in [-0.2, -0.15) is 26.3 Å². The molecule has 38 heavy (non-hydrogen) atoms. The van der Waals surface area contributed by atoms with Gasteiger partial charge in [-0.15, -0.1) is 0 Å². The van der Waals surface area contributed by atoms with Crippen LogP contribution >= 0.6 is 0 Å². The molecule has 8 nitrogen and oxygen atoms in total. The standard InChI is InChI=1S/C24H26F6N6O2/c25-23(26,27)18-3-1-17(2-4-18)16-33-7-9-34(10-8-33)21(37)20-6-5-19(15-31-20)32-22(38)35-11-13-36(14-12-35)24(28,29)30/h1-6,15H,7-14,16H2,(H,32,38). The van der Waals surface area contributed by atoms with Gasteiger partial charge in [0.1, 0.15) is 5.69 Å². The summed E-state index contributed by atoms with van der Waals surface area (Å²) in [5.74, 6) is -0.291. The number of amides is 3. The predicted molar refractivity (Wildman–Crippen MR) is 125 cm³/mol. The van der Waals surface area contributed by atoms with Gasteiger partial charge in [0.25, 0.3) is 5.91 Å². The van der Waals surface area contributed by atoms with Crippen molar-refractivity contribution in [3.63, 3.8) is 0 Å². The monoisotopic (exact) mass is 544 g/mol. The maximum atomic E-state index is 12.8. The van der Waals surface area contributed by atoms with Crippen molar-refractivity contribution in [3.8, 4) is 0 Å². The molecule has 2 saturated heterocycles. The number of nitrogens with one attached hydrogen (secondary N) is 1. The van der Waals surface area contributed by atoms with Crippen LogP contribution in [0.3, 0.4) is 0 Å². The van der Waals surface area contributed by atoms with E-state index in [4.69, 9.17) is 0 Å². The maximum Gasteiger partial charge on any atom is 0.460 e. The van der Waals surface area contributed by atoms with Gasteiger partial charge in [0, 0.05) is 58.9 Å². The first-order chi connectivity index (χ1) is 17.9. The fourth-order valence-corrected chi connectivity index (χ4v) is 4.29. The van der Waals surface area contributed by atoms with Crippen molar-refractivity contribution >= 4 is 17.6 Å². The van der Waals surface area contributed by atoms with E-state index in [1.165, 1.54) is 35.4 Å². The molecular formula is C24H26F6N6O2. The Hall–Kier alpha value is -3.39. The smallest absolute Gasteiger partial charge is 0.335 e. The molecule has 3 amide bonds. The maximum absolute atomic E-state index is 12.8. The highest BCUT2D eigenvalue weighted by Gasteiger charge is 2.39. The molecule has 0 atom stereocenters. The zero-order valence-electron chi connectivity index (χ0n) is 20.2. The second-order valence-corrected chi connectivity index (χ2v) is 9.07. The summed E-state index contributed by atoms with van der Waals surface area (Å²) >= 11 is 0. The third kappa shape index (κ3) is 6.92. The van der Waals surface area contributed by atoms with E-state index >= 15 is 0 Å². The molecule has 0 unspecified atom stereocenters. The van der Waals surface area contributed by atoms with Crippen LogP contribution in [-0.4, -0.2) is 95.2 Å². The number of piperazine rings is 2. The van der Waals surface area contributed by atoms with Crippen molar-refractivity contribution in [2.24, 2.45) is 0 Å². The Kier molecular flexibility index (Phi) is 8.11. The van der Waals surface area contributed by atoms with Crippen LogP contribution in [0.15, 0.2) is 42.6 Å². The predicted octanol–water partition coefficient (Wildman–Crippen LogP) is 3.73. The average molecular weight is 544 g/mol. The minimum absolute atomic E-state index is 0.0693. The molecule has 0 bridgehead atoms. The average Bonchev–Trinajstić information content (AvgIpc) is 2.88. The Labute approximate surface area is 214 Å². The number of halogens is 6. The van der Waals surface area contributed by atoms with Gasteiger partial charge >= 0.3 is 18.5 Å². The second-order valence-electron chi connectivity index (χ2n) is 9.07. The number of benzene rings is 1. The molecule has 206 valence electrons. The second kappa shape index (κ2) is 11.2. The normalized spacial score (nSPS) is 17.9. The van der Waals surface area contributed by atoms with Crippen LogP contribution < -0.4 is 5.32 Å². The number of rotatable bonds is 4. The highest BCUT2D eigenvalue weighted by Crippen LogP contribution is 2.29. The number of carbonyl (C=O) groups excluding carboxylic acids is 2. The van der Waals surface area contributed by atoms with E-state index in [1.807, 2.05) is 4.90 Å². The largest absolute Gasteiger partial charge is 0.460 e. The van der Waals surface area contributed by atoms with Crippen molar-refractivity contribution in [2.45, 2.75) is 19.0 Å². The van der Waals surface area contributed by atoms with Gasteiger partial charge in [0.05, 0.1) is 17.4 Å². The topological polar surface area (TPSA) is 72.0 Å². The fraction of sp³-hybridized carbons (Fsp3) is 0.458. The molecule has 0 spiro atoms. The lowest BCUT2D eigenvalue weighted by molar-refractivity contribution is -0.250. The molecule has 2 aliphatic rings. The van der Waals surface area contributed by atoms with Crippen molar-refractivity contribution < 1.29 is 35.9 Å². The number of alkyl halides is 6. The molecule has 2 fully saturated rings. The van der Waals surface area contributed by atoms with Crippen LogP contribution in [0.25, 0.3) is 0 Å². The van der Waals surface area contributed by atoms with E-state index in [0.717, 1.165) is 17.7 Å². The molecule has 14 heteroatoms. The van der Waals surface area contributed by atoms with Gasteiger partial charge in [-0.1, -0.05) is 12.1 Å². The van der Waals surface area contributed by atoms with E-state index in [2.05, 4.69) is 10.3 Å². The molecular weight excluding hydrogens is 518 g/mol. The van der Waals surface area contributed by atoms with Gasteiger partial charge in [0.15, 0.2) is 0 Å². The lowest BCUT2D eigenvalue weighted by atomic mass is 10.1. The van der Waals surface area contributed by atoms with E-state index in [1.54, 1.807) is 4.90 Å².